The van der Waals surface area contributed by atoms with Crippen molar-refractivity contribution in [2.24, 2.45) is 0 Å². The third-order valence-electron chi connectivity index (χ3n) is 10.6. The van der Waals surface area contributed by atoms with E-state index >= 15 is 0 Å². The summed E-state index contributed by atoms with van der Waals surface area (Å²) in [6.45, 7) is 0. The zero-order valence-corrected chi connectivity index (χ0v) is 32.0. The minimum absolute atomic E-state index is 0.860. The van der Waals surface area contributed by atoms with Crippen molar-refractivity contribution < 1.29 is 0 Å². The summed E-state index contributed by atoms with van der Waals surface area (Å²) >= 11 is 2.43. The summed E-state index contributed by atoms with van der Waals surface area (Å²) in [5, 5.41) is 6.39. The average Bonchev–Trinajstić information content (AvgIpc) is 3.28. The zero-order valence-electron chi connectivity index (χ0n) is 29.9. The molecule has 0 saturated carbocycles. The normalized spacial score (nSPS) is 11.7. The van der Waals surface area contributed by atoms with Crippen molar-refractivity contribution in [3.63, 3.8) is 0 Å². The highest BCUT2D eigenvalue weighted by molar-refractivity contribution is 14.1. The van der Waals surface area contributed by atoms with Gasteiger partial charge in [0.2, 0.25) is 0 Å². The van der Waals surface area contributed by atoms with Crippen LogP contribution in [0.4, 0.5) is 0 Å². The summed E-state index contributed by atoms with van der Waals surface area (Å²) in [6, 6.07) is 52.8. The molecule has 0 aliphatic heterocycles. The van der Waals surface area contributed by atoms with Crippen LogP contribution in [0.2, 0.25) is 0 Å². The van der Waals surface area contributed by atoms with Gasteiger partial charge in [-0.15, -0.1) is 0 Å². The second-order valence-corrected chi connectivity index (χ2v) is 14.8. The van der Waals surface area contributed by atoms with E-state index in [1.807, 2.05) is 24.5 Å². The standard InChI is InChI=1S/C49H29IN6/c50-28-29-24-38(42-20-16-33-11-9-31-7-3-23-52-45(31)47(33)55-42)27-39(25-29)43-21-17-35-13-12-34-15-19-41(54-48(34)49(35)56-43)37-5-1-4-36(26-37)40-18-14-32-10-8-30-6-2-22-51-44(30)46(32)53-40/h1-27H,28H2. The van der Waals surface area contributed by atoms with Gasteiger partial charge in [-0.3, -0.25) is 9.97 Å². The number of hydrogen-bond acceptors (Lipinski definition) is 6. The molecule has 6 nitrogen and oxygen atoms in total. The van der Waals surface area contributed by atoms with E-state index in [2.05, 4.69) is 172 Å². The Morgan fingerprint density at radius 2 is 0.661 bits per heavy atom. The number of pyridine rings is 6. The highest BCUT2D eigenvalue weighted by Gasteiger charge is 2.14. The van der Waals surface area contributed by atoms with Gasteiger partial charge < -0.3 is 0 Å². The highest BCUT2D eigenvalue weighted by Crippen LogP contribution is 2.34. The second kappa shape index (κ2) is 13.2. The lowest BCUT2D eigenvalue weighted by molar-refractivity contribution is 1.34. The van der Waals surface area contributed by atoms with Crippen LogP contribution in [0, 0.1) is 0 Å². The van der Waals surface area contributed by atoms with Gasteiger partial charge >= 0.3 is 0 Å². The topological polar surface area (TPSA) is 77.3 Å². The van der Waals surface area contributed by atoms with E-state index in [9.17, 15) is 0 Å². The van der Waals surface area contributed by atoms with Gasteiger partial charge in [-0.1, -0.05) is 114 Å². The molecule has 0 N–H and O–H groups in total. The van der Waals surface area contributed by atoms with Gasteiger partial charge in [-0.2, -0.15) is 0 Å². The molecular formula is C49H29IN6. The molecule has 0 saturated heterocycles. The lowest BCUT2D eigenvalue weighted by Gasteiger charge is -2.12. The third kappa shape index (κ3) is 5.62. The molecule has 11 rings (SSSR count). The number of nitrogens with zero attached hydrogens (tertiary/aromatic N) is 6. The number of rotatable bonds is 5. The van der Waals surface area contributed by atoms with Crippen molar-refractivity contribution in [2.45, 2.75) is 4.43 Å². The first-order valence-corrected chi connectivity index (χ1v) is 20.0. The molecule has 262 valence electrons. The summed E-state index contributed by atoms with van der Waals surface area (Å²) in [4.78, 5) is 30.2. The van der Waals surface area contributed by atoms with Crippen LogP contribution in [0.15, 0.2) is 164 Å². The molecule has 0 bridgehead atoms. The fourth-order valence-corrected chi connectivity index (χ4v) is 8.20. The van der Waals surface area contributed by atoms with Crippen LogP contribution in [-0.2, 0) is 4.43 Å². The fourth-order valence-electron chi connectivity index (χ4n) is 7.76. The van der Waals surface area contributed by atoms with Gasteiger partial charge in [0.25, 0.3) is 0 Å². The first-order valence-electron chi connectivity index (χ1n) is 18.5. The van der Waals surface area contributed by atoms with Crippen LogP contribution in [0.25, 0.3) is 110 Å². The number of hydrogen-bond donors (Lipinski definition) is 0. The molecule has 0 atom stereocenters. The summed E-state index contributed by atoms with van der Waals surface area (Å²) in [5.41, 5.74) is 14.3. The van der Waals surface area contributed by atoms with Crippen LogP contribution < -0.4 is 0 Å². The summed E-state index contributed by atoms with van der Waals surface area (Å²) in [6.07, 6.45) is 3.66. The van der Waals surface area contributed by atoms with E-state index < -0.39 is 0 Å². The van der Waals surface area contributed by atoms with Crippen LogP contribution in [0.5, 0.6) is 0 Å². The number of alkyl halides is 1. The minimum atomic E-state index is 0.860. The fraction of sp³-hybridized carbons (Fsp3) is 0.0204. The summed E-state index contributed by atoms with van der Waals surface area (Å²) < 4.78 is 0.860. The van der Waals surface area contributed by atoms with Crippen LogP contribution in [-0.4, -0.2) is 29.9 Å². The molecule has 0 aliphatic carbocycles. The van der Waals surface area contributed by atoms with Crippen molar-refractivity contribution in [3.8, 4) is 45.0 Å². The molecule has 0 amide bonds. The summed E-state index contributed by atoms with van der Waals surface area (Å²) in [7, 11) is 0. The highest BCUT2D eigenvalue weighted by atomic mass is 127. The average molecular weight is 829 g/mol. The van der Waals surface area contributed by atoms with Crippen molar-refractivity contribution >= 4 is 88.0 Å². The Kier molecular flexibility index (Phi) is 7.73. The summed E-state index contributed by atoms with van der Waals surface area (Å²) in [5.74, 6) is 0. The molecule has 0 radical (unpaired) electrons. The number of aromatic nitrogens is 6. The Labute approximate surface area is 335 Å². The predicted molar refractivity (Wildman–Crippen MR) is 238 cm³/mol. The Morgan fingerprint density at radius 1 is 0.321 bits per heavy atom. The Hall–Kier alpha value is -6.71. The molecule has 0 aliphatic rings. The lowest BCUT2D eigenvalue weighted by atomic mass is 10.00. The van der Waals surface area contributed by atoms with Crippen molar-refractivity contribution in [3.05, 3.63) is 170 Å². The largest absolute Gasteiger partial charge is 0.254 e. The van der Waals surface area contributed by atoms with Gasteiger partial charge in [-0.05, 0) is 66.2 Å². The molecule has 6 aromatic heterocycles. The molecule has 0 fully saturated rings. The molecule has 56 heavy (non-hydrogen) atoms. The van der Waals surface area contributed by atoms with Gasteiger partial charge in [0, 0.05) is 71.4 Å². The third-order valence-corrected chi connectivity index (χ3v) is 11.5. The first kappa shape index (κ1) is 32.7. The molecule has 0 unspecified atom stereocenters. The minimum Gasteiger partial charge on any atom is -0.254 e. The van der Waals surface area contributed by atoms with E-state index in [1.54, 1.807) is 0 Å². The van der Waals surface area contributed by atoms with E-state index in [0.29, 0.717) is 0 Å². The van der Waals surface area contributed by atoms with Crippen LogP contribution in [0.3, 0.4) is 0 Å². The Bertz CT molecular complexity index is 3380. The van der Waals surface area contributed by atoms with Gasteiger partial charge in [0.15, 0.2) is 0 Å². The second-order valence-electron chi connectivity index (χ2n) is 14.1. The predicted octanol–water partition coefficient (Wildman–Crippen LogP) is 12.6. The maximum Gasteiger partial charge on any atom is 0.0972 e. The van der Waals surface area contributed by atoms with Gasteiger partial charge in [0.1, 0.15) is 0 Å². The van der Waals surface area contributed by atoms with Crippen molar-refractivity contribution in [1.82, 2.24) is 29.9 Å². The molecule has 11 aromatic rings. The van der Waals surface area contributed by atoms with Gasteiger partial charge in [0.05, 0.1) is 55.9 Å². The number of benzene rings is 5. The molecular weight excluding hydrogens is 799 g/mol. The molecule has 6 heterocycles. The van der Waals surface area contributed by atoms with Crippen LogP contribution >= 0.6 is 22.6 Å². The van der Waals surface area contributed by atoms with Crippen molar-refractivity contribution in [2.75, 3.05) is 0 Å². The zero-order chi connectivity index (χ0) is 37.2. The maximum atomic E-state index is 5.32. The maximum absolute atomic E-state index is 5.32. The van der Waals surface area contributed by atoms with E-state index in [-0.39, 0.29) is 0 Å². The smallest absolute Gasteiger partial charge is 0.0972 e. The Balaban J connectivity index is 1.000. The van der Waals surface area contributed by atoms with Gasteiger partial charge in [-0.25, -0.2) is 19.9 Å². The number of halogens is 1. The van der Waals surface area contributed by atoms with E-state index in [0.717, 1.165) is 115 Å². The first-order chi connectivity index (χ1) is 27.6. The van der Waals surface area contributed by atoms with Crippen molar-refractivity contribution in [1.29, 1.82) is 0 Å². The SMILES string of the molecule is ICc1cc(-c2ccc3ccc4cccnc4c3n2)cc(-c2ccc3ccc4ccc(-c5cccc(-c6ccc7ccc8cccnc8c7n6)c5)nc4c3n2)c1. The number of fused-ring (bicyclic) bond motifs is 9. The lowest BCUT2D eigenvalue weighted by Crippen LogP contribution is -1.94. The molecule has 0 spiro atoms. The molecule has 7 heteroatoms. The van der Waals surface area contributed by atoms with E-state index in [1.165, 1.54) is 5.56 Å². The van der Waals surface area contributed by atoms with Crippen LogP contribution in [0.1, 0.15) is 5.56 Å². The quantitative estimate of drug-likeness (QED) is 0.0977. The molecule has 5 aromatic carbocycles. The van der Waals surface area contributed by atoms with E-state index in [4.69, 9.17) is 19.9 Å². The Morgan fingerprint density at radius 3 is 1.07 bits per heavy atom. The monoisotopic (exact) mass is 828 g/mol.